The number of imidazole rings is 1. The number of nitrogens with two attached hydrogens (primary N) is 1. The summed E-state index contributed by atoms with van der Waals surface area (Å²) in [6, 6.07) is 10.5. The Kier molecular flexibility index (Phi) is 3.94. The van der Waals surface area contributed by atoms with Gasteiger partial charge in [0.2, 0.25) is 0 Å². The second-order valence-corrected chi connectivity index (χ2v) is 6.67. The number of rotatable bonds is 3. The highest BCUT2D eigenvalue weighted by atomic mass is 32.1. The predicted octanol–water partition coefficient (Wildman–Crippen LogP) is 4.32. The second-order valence-electron chi connectivity index (χ2n) is 6.20. The van der Waals surface area contributed by atoms with Crippen LogP contribution < -0.4 is 5.73 Å². The van der Waals surface area contributed by atoms with Crippen LogP contribution in [0.1, 0.15) is 35.2 Å². The predicted molar refractivity (Wildman–Crippen MR) is 100 cm³/mol. The molecule has 1 atom stereocenters. The number of hydrogen-bond acceptors (Lipinski definition) is 2. The summed E-state index contributed by atoms with van der Waals surface area (Å²) < 4.78 is 2.11. The summed E-state index contributed by atoms with van der Waals surface area (Å²) >= 11 is 5.25. The summed E-state index contributed by atoms with van der Waals surface area (Å²) in [5.74, 6) is -0.0431. The molecule has 0 fully saturated rings. The van der Waals surface area contributed by atoms with E-state index in [0.29, 0.717) is 4.99 Å². The molecule has 2 N–H and O–H groups in total. The second kappa shape index (κ2) is 5.78. The molecule has 2 aromatic heterocycles. The topological polar surface area (TPSA) is 43.3 Å². The van der Waals surface area contributed by atoms with Gasteiger partial charge in [0, 0.05) is 17.7 Å². The lowest BCUT2D eigenvalue weighted by Gasteiger charge is -2.13. The molecule has 0 bridgehead atoms. The summed E-state index contributed by atoms with van der Waals surface area (Å²) in [7, 11) is 0. The van der Waals surface area contributed by atoms with E-state index in [1.54, 1.807) is 0 Å². The van der Waals surface area contributed by atoms with Crippen molar-refractivity contribution in [2.75, 3.05) is 0 Å². The van der Waals surface area contributed by atoms with Gasteiger partial charge in [0.05, 0.1) is 16.4 Å². The van der Waals surface area contributed by atoms with E-state index in [2.05, 4.69) is 55.6 Å². The minimum Gasteiger partial charge on any atom is -0.393 e. The van der Waals surface area contributed by atoms with Gasteiger partial charge in [0.1, 0.15) is 5.65 Å². The van der Waals surface area contributed by atoms with Crippen LogP contribution in [-0.4, -0.2) is 14.4 Å². The van der Waals surface area contributed by atoms with E-state index in [9.17, 15) is 0 Å². The fourth-order valence-electron chi connectivity index (χ4n) is 2.82. The summed E-state index contributed by atoms with van der Waals surface area (Å²) in [5.41, 5.74) is 13.7. The first kappa shape index (κ1) is 15.7. The van der Waals surface area contributed by atoms with Crippen LogP contribution in [0.2, 0.25) is 0 Å². The Labute approximate surface area is 142 Å². The van der Waals surface area contributed by atoms with Crippen LogP contribution in [0.5, 0.6) is 0 Å². The smallest absolute Gasteiger partial charge is 0.137 e. The van der Waals surface area contributed by atoms with E-state index in [0.717, 1.165) is 22.6 Å². The van der Waals surface area contributed by atoms with Gasteiger partial charge in [-0.2, -0.15) is 0 Å². The van der Waals surface area contributed by atoms with Crippen LogP contribution in [0, 0.1) is 20.8 Å². The van der Waals surface area contributed by atoms with E-state index >= 15 is 0 Å². The molecule has 0 saturated carbocycles. The molecule has 118 valence electrons. The third-order valence-electron chi connectivity index (χ3n) is 4.42. The van der Waals surface area contributed by atoms with Crippen molar-refractivity contribution in [3.63, 3.8) is 0 Å². The van der Waals surface area contributed by atoms with Crippen LogP contribution in [0.25, 0.3) is 16.9 Å². The van der Waals surface area contributed by atoms with Crippen LogP contribution in [0.15, 0.2) is 36.5 Å². The van der Waals surface area contributed by atoms with Gasteiger partial charge in [-0.25, -0.2) is 4.98 Å². The van der Waals surface area contributed by atoms with Gasteiger partial charge >= 0.3 is 0 Å². The molecule has 0 aliphatic carbocycles. The minimum atomic E-state index is -0.0431. The van der Waals surface area contributed by atoms with Gasteiger partial charge in [0.15, 0.2) is 0 Å². The average Bonchev–Trinajstić information content (AvgIpc) is 2.87. The van der Waals surface area contributed by atoms with Crippen LogP contribution in [0.4, 0.5) is 0 Å². The number of fused-ring (bicyclic) bond motifs is 1. The number of aryl methyl sites for hydroxylation is 3. The number of nitrogens with zero attached hydrogens (tertiary/aromatic N) is 2. The zero-order valence-electron chi connectivity index (χ0n) is 13.9. The SMILES string of the molecule is Cc1ccc2nc(-c3ccc(C)c(C)c3)c(C(C)C(N)=S)n2c1. The van der Waals surface area contributed by atoms with E-state index < -0.39 is 0 Å². The Hall–Kier alpha value is -2.20. The summed E-state index contributed by atoms with van der Waals surface area (Å²) in [6.07, 6.45) is 2.09. The Morgan fingerprint density at radius 2 is 1.87 bits per heavy atom. The first-order valence-electron chi connectivity index (χ1n) is 7.74. The van der Waals surface area contributed by atoms with Crippen LogP contribution in [-0.2, 0) is 0 Å². The van der Waals surface area contributed by atoms with Crippen LogP contribution in [0.3, 0.4) is 0 Å². The van der Waals surface area contributed by atoms with Crippen molar-refractivity contribution in [1.29, 1.82) is 0 Å². The molecule has 3 aromatic rings. The fraction of sp³-hybridized carbons (Fsp3) is 0.263. The van der Waals surface area contributed by atoms with Crippen LogP contribution >= 0.6 is 12.2 Å². The standard InChI is InChI=1S/C19H21N3S/c1-11-5-8-16-21-17(15-7-6-12(2)13(3)9-15)18(22(16)10-11)14(4)19(20)23/h5-10,14H,1-4H3,(H2,20,23). The third kappa shape index (κ3) is 2.75. The average molecular weight is 323 g/mol. The van der Waals surface area contributed by atoms with Gasteiger partial charge in [-0.3, -0.25) is 0 Å². The molecule has 0 spiro atoms. The largest absolute Gasteiger partial charge is 0.393 e. The van der Waals surface area contributed by atoms with Crippen molar-refractivity contribution in [1.82, 2.24) is 9.38 Å². The molecular formula is C19H21N3S. The summed E-state index contributed by atoms with van der Waals surface area (Å²) in [6.45, 7) is 8.35. The molecule has 0 amide bonds. The number of benzene rings is 1. The van der Waals surface area contributed by atoms with Crippen molar-refractivity contribution in [2.24, 2.45) is 5.73 Å². The monoisotopic (exact) mass is 323 g/mol. The van der Waals surface area contributed by atoms with Gasteiger partial charge < -0.3 is 10.1 Å². The van der Waals surface area contributed by atoms with Gasteiger partial charge in [-0.05, 0) is 49.6 Å². The summed E-state index contributed by atoms with van der Waals surface area (Å²) in [4.78, 5) is 5.33. The van der Waals surface area contributed by atoms with E-state index in [1.807, 2.05) is 13.0 Å². The van der Waals surface area contributed by atoms with Gasteiger partial charge in [-0.1, -0.05) is 37.3 Å². The van der Waals surface area contributed by atoms with Gasteiger partial charge in [-0.15, -0.1) is 0 Å². The fourth-order valence-corrected chi connectivity index (χ4v) is 2.93. The van der Waals surface area contributed by atoms with E-state index in [-0.39, 0.29) is 5.92 Å². The molecule has 23 heavy (non-hydrogen) atoms. The molecule has 0 aliphatic heterocycles. The zero-order valence-corrected chi connectivity index (χ0v) is 14.7. The number of pyridine rings is 1. The highest BCUT2D eigenvalue weighted by molar-refractivity contribution is 7.80. The molecule has 0 radical (unpaired) electrons. The normalized spacial score (nSPS) is 12.5. The first-order chi connectivity index (χ1) is 10.9. The zero-order chi connectivity index (χ0) is 16.7. The van der Waals surface area contributed by atoms with Crippen molar-refractivity contribution in [3.05, 3.63) is 58.9 Å². The Morgan fingerprint density at radius 1 is 1.13 bits per heavy atom. The maximum absolute atomic E-state index is 5.95. The molecule has 0 aliphatic rings. The molecule has 4 heteroatoms. The Morgan fingerprint density at radius 3 is 2.52 bits per heavy atom. The summed E-state index contributed by atoms with van der Waals surface area (Å²) in [5, 5.41) is 0. The van der Waals surface area contributed by atoms with Crippen molar-refractivity contribution in [2.45, 2.75) is 33.6 Å². The number of thiocarbonyl (C=S) groups is 1. The third-order valence-corrected chi connectivity index (χ3v) is 4.77. The molecule has 2 heterocycles. The highest BCUT2D eigenvalue weighted by Gasteiger charge is 2.21. The molecule has 3 nitrogen and oxygen atoms in total. The maximum Gasteiger partial charge on any atom is 0.137 e. The quantitative estimate of drug-likeness (QED) is 0.730. The maximum atomic E-state index is 5.95. The van der Waals surface area contributed by atoms with E-state index in [4.69, 9.17) is 22.9 Å². The molecule has 3 rings (SSSR count). The Bertz CT molecular complexity index is 908. The van der Waals surface area contributed by atoms with E-state index in [1.165, 1.54) is 16.7 Å². The lowest BCUT2D eigenvalue weighted by molar-refractivity contribution is 0.926. The molecule has 1 unspecified atom stereocenters. The van der Waals surface area contributed by atoms with Crippen molar-refractivity contribution >= 4 is 22.9 Å². The number of hydrogen-bond donors (Lipinski definition) is 1. The number of aromatic nitrogens is 2. The molecule has 1 aromatic carbocycles. The first-order valence-corrected chi connectivity index (χ1v) is 8.15. The van der Waals surface area contributed by atoms with Crippen molar-refractivity contribution < 1.29 is 0 Å². The molecular weight excluding hydrogens is 302 g/mol. The highest BCUT2D eigenvalue weighted by Crippen LogP contribution is 2.31. The lowest BCUT2D eigenvalue weighted by atomic mass is 9.98. The van der Waals surface area contributed by atoms with Gasteiger partial charge in [0.25, 0.3) is 0 Å². The Balaban J connectivity index is 2.32. The lowest BCUT2D eigenvalue weighted by Crippen LogP contribution is -2.18. The molecule has 0 saturated heterocycles. The van der Waals surface area contributed by atoms with Crippen molar-refractivity contribution in [3.8, 4) is 11.3 Å². The minimum absolute atomic E-state index is 0.0431.